The third-order valence-corrected chi connectivity index (χ3v) is 4.21. The first-order chi connectivity index (χ1) is 13.9. The summed E-state index contributed by atoms with van der Waals surface area (Å²) in [6, 6.07) is 9.19. The van der Waals surface area contributed by atoms with E-state index >= 15 is 0 Å². The van der Waals surface area contributed by atoms with E-state index in [0.29, 0.717) is 27.4 Å². The van der Waals surface area contributed by atoms with Gasteiger partial charge in [-0.3, -0.25) is 9.59 Å². The molecule has 0 saturated carbocycles. The van der Waals surface area contributed by atoms with Crippen molar-refractivity contribution in [2.75, 3.05) is 5.73 Å². The normalized spacial score (nSPS) is 9.80. The quantitative estimate of drug-likeness (QED) is 0.274. The number of pyridine rings is 1. The molecule has 2 aromatic carbocycles. The number of rotatable bonds is 2. The fourth-order valence-electron chi connectivity index (χ4n) is 2.09. The average molecular weight is 459 g/mol. The molecular formula is C20H18Cl2F2N2O4. The van der Waals surface area contributed by atoms with Gasteiger partial charge in [0.2, 0.25) is 0 Å². The highest BCUT2D eigenvalue weighted by Gasteiger charge is 2.08. The van der Waals surface area contributed by atoms with Crippen LogP contribution < -0.4 is 5.73 Å². The molecular weight excluding hydrogens is 441 g/mol. The van der Waals surface area contributed by atoms with Crippen molar-refractivity contribution in [2.45, 2.75) is 20.3 Å². The lowest BCUT2D eigenvalue weighted by atomic mass is 10.1. The Labute approximate surface area is 180 Å². The summed E-state index contributed by atoms with van der Waals surface area (Å²) in [6.07, 6.45) is -0.806. The largest absolute Gasteiger partial charge is 0.481 e. The van der Waals surface area contributed by atoms with Crippen LogP contribution in [0.3, 0.4) is 0 Å². The fourth-order valence-corrected chi connectivity index (χ4v) is 2.59. The first-order valence-electron chi connectivity index (χ1n) is 8.29. The predicted octanol–water partition coefficient (Wildman–Crippen LogP) is 5.25. The monoisotopic (exact) mass is 458 g/mol. The molecule has 0 radical (unpaired) electrons. The predicted molar refractivity (Wildman–Crippen MR) is 112 cm³/mol. The Morgan fingerprint density at radius 2 is 1.57 bits per heavy atom. The minimum Gasteiger partial charge on any atom is -0.481 e. The SMILES string of the molecule is Cc1c(F)ccc2c(Cl)cc(Cl)nc12.Cc1c(N)cccc1F.O=C(O)CC(=O)O. The molecule has 1 aromatic heterocycles. The van der Waals surface area contributed by atoms with Crippen molar-refractivity contribution in [1.82, 2.24) is 4.98 Å². The summed E-state index contributed by atoms with van der Waals surface area (Å²) in [5.74, 6) is -3.17. The van der Waals surface area contributed by atoms with Gasteiger partial charge < -0.3 is 15.9 Å². The number of nitrogen functional groups attached to an aromatic ring is 1. The smallest absolute Gasteiger partial charge is 0.314 e. The van der Waals surface area contributed by atoms with Crippen molar-refractivity contribution in [1.29, 1.82) is 0 Å². The van der Waals surface area contributed by atoms with Crippen LogP contribution in [0.1, 0.15) is 17.5 Å². The van der Waals surface area contributed by atoms with Crippen molar-refractivity contribution in [3.63, 3.8) is 0 Å². The summed E-state index contributed by atoms with van der Waals surface area (Å²) < 4.78 is 25.7. The molecule has 0 saturated heterocycles. The lowest BCUT2D eigenvalue weighted by Gasteiger charge is -2.04. The first-order valence-corrected chi connectivity index (χ1v) is 9.04. The van der Waals surface area contributed by atoms with Crippen LogP contribution in [0.15, 0.2) is 36.4 Å². The third kappa shape index (κ3) is 7.46. The van der Waals surface area contributed by atoms with Crippen LogP contribution >= 0.6 is 23.2 Å². The summed E-state index contributed by atoms with van der Waals surface area (Å²) in [4.78, 5) is 22.9. The molecule has 0 bridgehead atoms. The molecule has 0 unspecified atom stereocenters. The number of carboxylic acid groups (broad SMARTS) is 2. The number of fused-ring (bicyclic) bond motifs is 1. The van der Waals surface area contributed by atoms with E-state index in [1.54, 1.807) is 38.1 Å². The minimum absolute atomic E-state index is 0.241. The van der Waals surface area contributed by atoms with Gasteiger partial charge in [0.05, 0.1) is 10.5 Å². The molecule has 4 N–H and O–H groups in total. The molecule has 0 aliphatic heterocycles. The summed E-state index contributed by atoms with van der Waals surface area (Å²) in [5, 5.41) is 16.9. The van der Waals surface area contributed by atoms with Gasteiger partial charge in [0, 0.05) is 22.2 Å². The molecule has 0 atom stereocenters. The number of carbonyl (C=O) groups is 2. The second-order valence-electron chi connectivity index (χ2n) is 5.91. The Kier molecular flexibility index (Phi) is 9.42. The van der Waals surface area contributed by atoms with Gasteiger partial charge in [-0.25, -0.2) is 13.8 Å². The minimum atomic E-state index is -1.31. The number of anilines is 1. The molecule has 6 nitrogen and oxygen atoms in total. The summed E-state index contributed by atoms with van der Waals surface area (Å²) in [5.41, 5.74) is 7.40. The average Bonchev–Trinajstić information content (AvgIpc) is 2.63. The van der Waals surface area contributed by atoms with E-state index in [0.717, 1.165) is 5.39 Å². The number of hydrogen-bond donors (Lipinski definition) is 3. The van der Waals surface area contributed by atoms with Gasteiger partial charge in [0.25, 0.3) is 0 Å². The summed E-state index contributed by atoms with van der Waals surface area (Å²) >= 11 is 11.7. The van der Waals surface area contributed by atoms with E-state index < -0.39 is 18.4 Å². The molecule has 3 rings (SSSR count). The number of nitrogens with two attached hydrogens (primary N) is 1. The van der Waals surface area contributed by atoms with Gasteiger partial charge in [-0.1, -0.05) is 29.3 Å². The van der Waals surface area contributed by atoms with Crippen molar-refractivity contribution in [2.24, 2.45) is 0 Å². The molecule has 0 fully saturated rings. The van der Waals surface area contributed by atoms with Gasteiger partial charge >= 0.3 is 11.9 Å². The lowest BCUT2D eigenvalue weighted by molar-refractivity contribution is -0.147. The van der Waals surface area contributed by atoms with E-state index in [2.05, 4.69) is 4.98 Å². The summed E-state index contributed by atoms with van der Waals surface area (Å²) in [7, 11) is 0. The first kappa shape index (κ1) is 25.1. The Morgan fingerprint density at radius 1 is 1.00 bits per heavy atom. The van der Waals surface area contributed by atoms with Crippen molar-refractivity contribution in [3.05, 3.63) is 69.3 Å². The maximum atomic E-state index is 13.2. The highest BCUT2D eigenvalue weighted by atomic mass is 35.5. The molecule has 3 aromatic rings. The number of nitrogens with zero attached hydrogens (tertiary/aromatic N) is 1. The topological polar surface area (TPSA) is 114 Å². The van der Waals surface area contributed by atoms with E-state index in [1.807, 2.05) is 0 Å². The summed E-state index contributed by atoms with van der Waals surface area (Å²) in [6.45, 7) is 3.31. The Morgan fingerprint density at radius 3 is 2.03 bits per heavy atom. The molecule has 10 heteroatoms. The molecule has 30 heavy (non-hydrogen) atoms. The number of halogens is 4. The maximum Gasteiger partial charge on any atom is 0.314 e. The Hall–Kier alpha value is -2.97. The molecule has 0 spiro atoms. The number of hydrogen-bond acceptors (Lipinski definition) is 4. The number of aromatic nitrogens is 1. The molecule has 160 valence electrons. The highest BCUT2D eigenvalue weighted by molar-refractivity contribution is 6.37. The molecule has 0 aliphatic carbocycles. The van der Waals surface area contributed by atoms with Gasteiger partial charge in [0.1, 0.15) is 23.2 Å². The highest BCUT2D eigenvalue weighted by Crippen LogP contribution is 2.28. The van der Waals surface area contributed by atoms with Gasteiger partial charge in [-0.2, -0.15) is 0 Å². The number of aliphatic carboxylic acids is 2. The van der Waals surface area contributed by atoms with E-state index in [-0.39, 0.29) is 16.8 Å². The van der Waals surface area contributed by atoms with Crippen LogP contribution in [0.25, 0.3) is 10.9 Å². The zero-order chi connectivity index (χ0) is 23.0. The van der Waals surface area contributed by atoms with E-state index in [1.165, 1.54) is 12.1 Å². The Balaban J connectivity index is 0.000000244. The van der Waals surface area contributed by atoms with Crippen molar-refractivity contribution >= 4 is 51.7 Å². The Bertz CT molecular complexity index is 1050. The second-order valence-corrected chi connectivity index (χ2v) is 6.71. The zero-order valence-electron chi connectivity index (χ0n) is 15.9. The molecule has 1 heterocycles. The van der Waals surface area contributed by atoms with Gasteiger partial charge in [0.15, 0.2) is 0 Å². The zero-order valence-corrected chi connectivity index (χ0v) is 17.4. The van der Waals surface area contributed by atoms with Crippen LogP contribution in [0.5, 0.6) is 0 Å². The van der Waals surface area contributed by atoms with Crippen molar-refractivity contribution < 1.29 is 28.6 Å². The van der Waals surface area contributed by atoms with E-state index in [4.69, 9.17) is 39.1 Å². The number of benzene rings is 2. The van der Waals surface area contributed by atoms with Crippen LogP contribution in [0.2, 0.25) is 10.2 Å². The van der Waals surface area contributed by atoms with Crippen LogP contribution in [0.4, 0.5) is 14.5 Å². The lowest BCUT2D eigenvalue weighted by Crippen LogP contribution is -2.03. The molecule has 0 amide bonds. The second kappa shape index (κ2) is 11.3. The van der Waals surface area contributed by atoms with Crippen LogP contribution in [-0.4, -0.2) is 27.1 Å². The number of carboxylic acids is 2. The maximum absolute atomic E-state index is 13.2. The van der Waals surface area contributed by atoms with Crippen molar-refractivity contribution in [3.8, 4) is 0 Å². The fraction of sp³-hybridized carbons (Fsp3) is 0.150. The van der Waals surface area contributed by atoms with Crippen LogP contribution in [-0.2, 0) is 9.59 Å². The third-order valence-electron chi connectivity index (χ3n) is 3.70. The molecule has 0 aliphatic rings. The van der Waals surface area contributed by atoms with Crippen LogP contribution in [0, 0.1) is 25.5 Å². The van der Waals surface area contributed by atoms with Gasteiger partial charge in [-0.05, 0) is 44.2 Å². The standard InChI is InChI=1S/C10H6Cl2FN.C7H8FN.C3H4O4/c1-5-8(13)3-2-6-7(11)4-9(12)14-10(5)6;1-5-6(8)3-2-4-7(5)9;4-2(5)1-3(6)7/h2-4H,1H3;2-4H,9H2,1H3;1H2,(H,4,5)(H,6,7). The van der Waals surface area contributed by atoms with E-state index in [9.17, 15) is 18.4 Å². The van der Waals surface area contributed by atoms with Gasteiger partial charge in [-0.15, -0.1) is 0 Å². The number of aryl methyl sites for hydroxylation is 1.